The molecule has 0 saturated carbocycles. The summed E-state index contributed by atoms with van der Waals surface area (Å²) in [5, 5.41) is 16.6. The van der Waals surface area contributed by atoms with Gasteiger partial charge >= 0.3 is 6.03 Å². The average molecular weight is 495 g/mol. The Hall–Kier alpha value is -3.72. The molecule has 0 aliphatic carbocycles. The van der Waals surface area contributed by atoms with Crippen molar-refractivity contribution in [1.29, 1.82) is 0 Å². The number of nitrogens with zero attached hydrogens (tertiary/aromatic N) is 2. The molecule has 2 heterocycles. The first-order chi connectivity index (χ1) is 16.8. The number of nitrogens with one attached hydrogen (secondary N) is 2. The Morgan fingerprint density at radius 3 is 2.66 bits per heavy atom. The van der Waals surface area contributed by atoms with Crippen molar-refractivity contribution in [1.82, 2.24) is 4.98 Å². The second-order valence-corrected chi connectivity index (χ2v) is 9.62. The van der Waals surface area contributed by atoms with Crippen LogP contribution in [0.15, 0.2) is 54.6 Å². The molecule has 1 aromatic heterocycles. The lowest BCUT2D eigenvalue weighted by atomic mass is 9.77. The van der Waals surface area contributed by atoms with Gasteiger partial charge in [-0.2, -0.15) is 0 Å². The lowest BCUT2D eigenvalue weighted by molar-refractivity contribution is 0.262. The van der Waals surface area contributed by atoms with Crippen molar-refractivity contribution in [2.24, 2.45) is 0 Å². The standard InChI is InChI=1S/C26H24F2N4O2S/c1-3-26(4-2)14-32(23-20(33)12-10-16(28)22(23)26)19-8-6-5-7-17(19)29-24(34)31-25-30-18-11-9-15(27)13-21(18)35-25/h5-13,33H,3-4,14H2,1-2H3,(H2,29,30,31,34). The highest BCUT2D eigenvalue weighted by Crippen LogP contribution is 2.53. The Morgan fingerprint density at radius 2 is 1.89 bits per heavy atom. The van der Waals surface area contributed by atoms with Crippen LogP contribution in [0.5, 0.6) is 5.75 Å². The van der Waals surface area contributed by atoms with Gasteiger partial charge < -0.3 is 15.3 Å². The van der Waals surface area contributed by atoms with Crippen LogP contribution in [0.4, 0.5) is 35.8 Å². The molecular weight excluding hydrogens is 470 g/mol. The number of carbonyl (C=O) groups is 1. The molecule has 1 aliphatic rings. The van der Waals surface area contributed by atoms with Gasteiger partial charge in [-0.15, -0.1) is 0 Å². The molecule has 0 radical (unpaired) electrons. The molecule has 5 rings (SSSR count). The minimum Gasteiger partial charge on any atom is -0.506 e. The second-order valence-electron chi connectivity index (χ2n) is 8.59. The Kier molecular flexibility index (Phi) is 5.80. The van der Waals surface area contributed by atoms with E-state index in [0.717, 1.165) is 0 Å². The van der Waals surface area contributed by atoms with Gasteiger partial charge in [-0.3, -0.25) is 5.32 Å². The first kappa shape index (κ1) is 23.0. The number of para-hydroxylation sites is 2. The maximum atomic E-state index is 15.0. The van der Waals surface area contributed by atoms with E-state index in [1.54, 1.807) is 18.2 Å². The van der Waals surface area contributed by atoms with Gasteiger partial charge in [0, 0.05) is 17.5 Å². The number of aromatic nitrogens is 1. The average Bonchev–Trinajstić information content (AvgIpc) is 3.41. The molecule has 2 amide bonds. The minimum absolute atomic E-state index is 0.00821. The largest absolute Gasteiger partial charge is 0.506 e. The van der Waals surface area contributed by atoms with Gasteiger partial charge in [0.1, 0.15) is 17.4 Å². The molecule has 0 bridgehead atoms. The molecule has 0 spiro atoms. The van der Waals surface area contributed by atoms with Crippen molar-refractivity contribution >= 4 is 49.8 Å². The molecule has 4 aromatic rings. The number of urea groups is 1. The van der Waals surface area contributed by atoms with Crippen LogP contribution < -0.4 is 15.5 Å². The first-order valence-corrected chi connectivity index (χ1v) is 12.2. The predicted molar refractivity (Wildman–Crippen MR) is 136 cm³/mol. The molecule has 1 aliphatic heterocycles. The smallest absolute Gasteiger partial charge is 0.325 e. The van der Waals surface area contributed by atoms with Crippen molar-refractivity contribution < 1.29 is 18.7 Å². The zero-order valence-electron chi connectivity index (χ0n) is 19.2. The van der Waals surface area contributed by atoms with Crippen molar-refractivity contribution in [2.75, 3.05) is 22.1 Å². The third kappa shape index (κ3) is 3.95. The van der Waals surface area contributed by atoms with Crippen LogP contribution in [0.2, 0.25) is 0 Å². The van der Waals surface area contributed by atoms with Crippen molar-refractivity contribution in [3.05, 3.63) is 71.8 Å². The highest BCUT2D eigenvalue weighted by molar-refractivity contribution is 7.22. The number of halogens is 2. The fraction of sp³-hybridized carbons (Fsp3) is 0.231. The maximum absolute atomic E-state index is 15.0. The minimum atomic E-state index is -0.517. The number of amides is 2. The highest BCUT2D eigenvalue weighted by Gasteiger charge is 2.45. The van der Waals surface area contributed by atoms with Gasteiger partial charge in [0.25, 0.3) is 0 Å². The van der Waals surface area contributed by atoms with Crippen LogP contribution in [0.1, 0.15) is 32.3 Å². The van der Waals surface area contributed by atoms with E-state index < -0.39 is 11.4 Å². The number of phenols is 1. The summed E-state index contributed by atoms with van der Waals surface area (Å²) in [6.07, 6.45) is 1.39. The first-order valence-electron chi connectivity index (χ1n) is 11.4. The summed E-state index contributed by atoms with van der Waals surface area (Å²) in [6, 6.07) is 13.6. The van der Waals surface area contributed by atoms with Gasteiger partial charge in [0.15, 0.2) is 5.13 Å². The molecule has 9 heteroatoms. The van der Waals surface area contributed by atoms with Gasteiger partial charge in [0.05, 0.1) is 27.3 Å². The molecule has 180 valence electrons. The van der Waals surface area contributed by atoms with E-state index in [1.807, 2.05) is 30.9 Å². The normalized spacial score (nSPS) is 14.2. The molecule has 3 N–H and O–H groups in total. The summed E-state index contributed by atoms with van der Waals surface area (Å²) in [5.41, 5.74) is 2.19. The van der Waals surface area contributed by atoms with E-state index in [4.69, 9.17) is 0 Å². The Balaban J connectivity index is 1.47. The van der Waals surface area contributed by atoms with Crippen molar-refractivity contribution in [3.8, 4) is 5.75 Å². The van der Waals surface area contributed by atoms with Gasteiger partial charge in [0.2, 0.25) is 0 Å². The monoisotopic (exact) mass is 494 g/mol. The molecular formula is C26H24F2N4O2S. The van der Waals surface area contributed by atoms with Gasteiger partial charge in [-0.1, -0.05) is 37.3 Å². The predicted octanol–water partition coefficient (Wildman–Crippen LogP) is 7.13. The molecule has 0 fully saturated rings. The number of thiazole rings is 1. The zero-order valence-corrected chi connectivity index (χ0v) is 20.0. The Labute approximate surface area is 205 Å². The number of aromatic hydroxyl groups is 1. The summed E-state index contributed by atoms with van der Waals surface area (Å²) in [7, 11) is 0. The number of fused-ring (bicyclic) bond motifs is 2. The van der Waals surface area contributed by atoms with Crippen LogP contribution in [0.3, 0.4) is 0 Å². The lowest BCUT2D eigenvalue weighted by Gasteiger charge is -2.29. The van der Waals surface area contributed by atoms with E-state index in [9.17, 15) is 14.3 Å². The quantitative estimate of drug-likeness (QED) is 0.276. The lowest BCUT2D eigenvalue weighted by Crippen LogP contribution is -2.31. The van der Waals surface area contributed by atoms with E-state index in [1.165, 1.54) is 35.6 Å². The van der Waals surface area contributed by atoms with Crippen LogP contribution >= 0.6 is 11.3 Å². The van der Waals surface area contributed by atoms with Crippen LogP contribution in [-0.2, 0) is 5.41 Å². The summed E-state index contributed by atoms with van der Waals surface area (Å²) >= 11 is 1.17. The van der Waals surface area contributed by atoms with Crippen LogP contribution in [0.25, 0.3) is 10.2 Å². The molecule has 35 heavy (non-hydrogen) atoms. The third-order valence-corrected chi connectivity index (χ3v) is 7.67. The van der Waals surface area contributed by atoms with Gasteiger partial charge in [-0.05, 0) is 55.3 Å². The molecule has 0 unspecified atom stereocenters. The van der Waals surface area contributed by atoms with Crippen LogP contribution in [-0.4, -0.2) is 22.7 Å². The number of benzene rings is 3. The Bertz CT molecular complexity index is 1430. The van der Waals surface area contributed by atoms with Crippen molar-refractivity contribution in [2.45, 2.75) is 32.1 Å². The number of phenolic OH excluding ortho intramolecular Hbond substituents is 1. The molecule has 0 atom stereocenters. The highest BCUT2D eigenvalue weighted by atomic mass is 32.1. The molecule has 0 saturated heterocycles. The summed E-state index contributed by atoms with van der Waals surface area (Å²) in [5.74, 6) is -0.725. The number of anilines is 4. The number of hydrogen-bond donors (Lipinski definition) is 3. The number of hydrogen-bond acceptors (Lipinski definition) is 5. The Morgan fingerprint density at radius 1 is 1.11 bits per heavy atom. The topological polar surface area (TPSA) is 77.5 Å². The van der Waals surface area contributed by atoms with Gasteiger partial charge in [-0.25, -0.2) is 18.6 Å². The second kappa shape index (κ2) is 8.81. The summed E-state index contributed by atoms with van der Waals surface area (Å²) < 4.78 is 29.2. The number of carbonyl (C=O) groups excluding carboxylic acids is 1. The molecule has 6 nitrogen and oxygen atoms in total. The van der Waals surface area contributed by atoms with E-state index in [0.29, 0.717) is 57.4 Å². The maximum Gasteiger partial charge on any atom is 0.325 e. The summed E-state index contributed by atoms with van der Waals surface area (Å²) in [6.45, 7) is 4.50. The van der Waals surface area contributed by atoms with Crippen LogP contribution in [0, 0.1) is 11.6 Å². The van der Waals surface area contributed by atoms with E-state index in [2.05, 4.69) is 15.6 Å². The van der Waals surface area contributed by atoms with E-state index in [-0.39, 0.29) is 17.4 Å². The third-order valence-electron chi connectivity index (χ3n) is 6.73. The summed E-state index contributed by atoms with van der Waals surface area (Å²) in [4.78, 5) is 19.0. The SMILES string of the molecule is CCC1(CC)CN(c2ccccc2NC(=O)Nc2nc3ccc(F)cc3s2)c2c(O)ccc(F)c21. The fourth-order valence-electron chi connectivity index (χ4n) is 4.84. The van der Waals surface area contributed by atoms with E-state index >= 15 is 4.39 Å². The number of rotatable bonds is 5. The zero-order chi connectivity index (χ0) is 24.7. The molecule has 3 aromatic carbocycles. The van der Waals surface area contributed by atoms with Crippen molar-refractivity contribution in [3.63, 3.8) is 0 Å². The fourth-order valence-corrected chi connectivity index (χ4v) is 5.73.